The number of halogens is 1. The van der Waals surface area contributed by atoms with E-state index in [2.05, 4.69) is 30.9 Å². The first kappa shape index (κ1) is 14.7. The summed E-state index contributed by atoms with van der Waals surface area (Å²) < 4.78 is 0.990. The fourth-order valence-electron chi connectivity index (χ4n) is 2.85. The van der Waals surface area contributed by atoms with E-state index < -0.39 is 0 Å². The zero-order valence-corrected chi connectivity index (χ0v) is 14.1. The monoisotopic (exact) mass is 380 g/mol. The molecule has 5 nitrogen and oxygen atoms in total. The number of aromatic amines is 2. The number of rotatable bonds is 2. The highest BCUT2D eigenvalue weighted by molar-refractivity contribution is 9.10. The smallest absolute Gasteiger partial charge is 0.262 e. The molecule has 0 unspecified atom stereocenters. The quantitative estimate of drug-likeness (QED) is 0.492. The summed E-state index contributed by atoms with van der Waals surface area (Å²) >= 11 is 3.44. The van der Waals surface area contributed by atoms with Crippen molar-refractivity contribution in [2.75, 3.05) is 5.73 Å². The van der Waals surface area contributed by atoms with Crippen LogP contribution in [0.25, 0.3) is 33.4 Å². The molecule has 4 N–H and O–H groups in total. The van der Waals surface area contributed by atoms with Crippen molar-refractivity contribution in [2.24, 2.45) is 0 Å². The van der Waals surface area contributed by atoms with E-state index in [1.807, 2.05) is 54.6 Å². The number of nitrogens with zero attached hydrogens (tertiary/aromatic N) is 1. The lowest BCUT2D eigenvalue weighted by Gasteiger charge is -2.05. The molecule has 0 aliphatic rings. The minimum atomic E-state index is -0.254. The first-order valence-corrected chi connectivity index (χ1v) is 8.15. The second-order valence-electron chi connectivity index (χ2n) is 5.42. The molecule has 0 amide bonds. The largest absolute Gasteiger partial charge is 0.369 e. The molecule has 6 heteroatoms. The van der Waals surface area contributed by atoms with Crippen LogP contribution in [0, 0.1) is 0 Å². The second-order valence-corrected chi connectivity index (χ2v) is 6.34. The van der Waals surface area contributed by atoms with Gasteiger partial charge in [-0.1, -0.05) is 58.4 Å². The normalized spacial score (nSPS) is 11.0. The van der Waals surface area contributed by atoms with Gasteiger partial charge in [0.1, 0.15) is 5.65 Å². The van der Waals surface area contributed by atoms with Crippen LogP contribution in [0.1, 0.15) is 0 Å². The Morgan fingerprint density at radius 3 is 2.33 bits per heavy atom. The van der Waals surface area contributed by atoms with Crippen molar-refractivity contribution < 1.29 is 0 Å². The molecule has 4 rings (SSSR count). The molecule has 24 heavy (non-hydrogen) atoms. The summed E-state index contributed by atoms with van der Waals surface area (Å²) in [5, 5.41) is 0.508. The van der Waals surface area contributed by atoms with Gasteiger partial charge in [0.2, 0.25) is 5.95 Å². The number of nitrogens with two attached hydrogens (primary N) is 1. The summed E-state index contributed by atoms with van der Waals surface area (Å²) in [5.74, 6) is 0.0933. The Kier molecular flexibility index (Phi) is 3.46. The predicted molar refractivity (Wildman–Crippen MR) is 99.7 cm³/mol. The number of benzene rings is 2. The van der Waals surface area contributed by atoms with Crippen molar-refractivity contribution in [1.29, 1.82) is 0 Å². The van der Waals surface area contributed by atoms with E-state index in [0.29, 0.717) is 11.0 Å². The van der Waals surface area contributed by atoms with Gasteiger partial charge in [-0.2, -0.15) is 4.98 Å². The fourth-order valence-corrected chi connectivity index (χ4v) is 3.11. The minimum Gasteiger partial charge on any atom is -0.369 e. The van der Waals surface area contributed by atoms with E-state index in [1.54, 1.807) is 0 Å². The first-order valence-electron chi connectivity index (χ1n) is 7.36. The maximum absolute atomic E-state index is 12.5. The molecule has 0 saturated heterocycles. The summed E-state index contributed by atoms with van der Waals surface area (Å²) in [6, 6.07) is 17.7. The molecule has 2 heterocycles. The summed E-state index contributed by atoms with van der Waals surface area (Å²) in [5.41, 5.74) is 9.48. The van der Waals surface area contributed by atoms with E-state index in [9.17, 15) is 4.79 Å². The Morgan fingerprint density at radius 2 is 1.62 bits per heavy atom. The molecule has 2 aromatic heterocycles. The lowest BCUT2D eigenvalue weighted by Crippen LogP contribution is -2.10. The fraction of sp³-hybridized carbons (Fsp3) is 0. The molecule has 0 aliphatic carbocycles. The minimum absolute atomic E-state index is 0.0933. The SMILES string of the molecule is Nc1nc2[nH]c(-c3ccc(Br)cc3)c(-c3ccccc3)c2c(=O)[nH]1. The van der Waals surface area contributed by atoms with Gasteiger partial charge in [-0.25, -0.2) is 0 Å². The highest BCUT2D eigenvalue weighted by Crippen LogP contribution is 2.36. The third-order valence-corrected chi connectivity index (χ3v) is 4.41. The van der Waals surface area contributed by atoms with Gasteiger partial charge < -0.3 is 10.7 Å². The average molecular weight is 381 g/mol. The summed E-state index contributed by atoms with van der Waals surface area (Å²) in [4.78, 5) is 22.6. The summed E-state index contributed by atoms with van der Waals surface area (Å²) in [6.07, 6.45) is 0. The topological polar surface area (TPSA) is 87.6 Å². The van der Waals surface area contributed by atoms with Gasteiger partial charge in [-0.05, 0) is 23.3 Å². The van der Waals surface area contributed by atoms with Crippen LogP contribution in [0.2, 0.25) is 0 Å². The van der Waals surface area contributed by atoms with Crippen molar-refractivity contribution >= 4 is 32.9 Å². The Hall–Kier alpha value is -2.86. The van der Waals surface area contributed by atoms with Gasteiger partial charge in [0.25, 0.3) is 5.56 Å². The van der Waals surface area contributed by atoms with Crippen LogP contribution in [0.3, 0.4) is 0 Å². The van der Waals surface area contributed by atoms with Gasteiger partial charge in [-0.15, -0.1) is 0 Å². The maximum Gasteiger partial charge on any atom is 0.262 e. The van der Waals surface area contributed by atoms with Crippen LogP contribution < -0.4 is 11.3 Å². The Bertz CT molecular complexity index is 1080. The molecular weight excluding hydrogens is 368 g/mol. The average Bonchev–Trinajstić information content (AvgIpc) is 2.96. The summed E-state index contributed by atoms with van der Waals surface area (Å²) in [7, 11) is 0. The number of H-pyrrole nitrogens is 2. The Labute approximate surface area is 145 Å². The zero-order valence-electron chi connectivity index (χ0n) is 12.5. The van der Waals surface area contributed by atoms with Gasteiger partial charge in [0.05, 0.1) is 11.1 Å². The van der Waals surface area contributed by atoms with E-state index in [0.717, 1.165) is 26.9 Å². The lowest BCUT2D eigenvalue weighted by molar-refractivity contribution is 1.18. The maximum atomic E-state index is 12.5. The molecule has 0 aliphatic heterocycles. The molecule has 118 valence electrons. The number of nitrogen functional groups attached to an aromatic ring is 1. The van der Waals surface area contributed by atoms with Crippen molar-refractivity contribution in [3.05, 3.63) is 69.4 Å². The van der Waals surface area contributed by atoms with Crippen LogP contribution in [-0.4, -0.2) is 15.0 Å². The predicted octanol–water partition coefficient (Wildman–Crippen LogP) is 3.93. The number of hydrogen-bond acceptors (Lipinski definition) is 3. The molecule has 2 aromatic carbocycles. The molecule has 4 aromatic rings. The second kappa shape index (κ2) is 5.65. The molecule has 0 fully saturated rings. The van der Waals surface area contributed by atoms with Crippen LogP contribution in [0.4, 0.5) is 5.95 Å². The van der Waals surface area contributed by atoms with E-state index >= 15 is 0 Å². The summed E-state index contributed by atoms with van der Waals surface area (Å²) in [6.45, 7) is 0. The number of fused-ring (bicyclic) bond motifs is 1. The standard InChI is InChI=1S/C18H13BrN4O/c19-12-8-6-11(7-9-12)15-13(10-4-2-1-3-5-10)14-16(21-15)22-18(20)23-17(14)24/h1-9H,(H4,20,21,22,23,24). The van der Waals surface area contributed by atoms with Crippen LogP contribution in [0.15, 0.2) is 63.9 Å². The molecule has 0 saturated carbocycles. The molecule has 0 radical (unpaired) electrons. The molecule has 0 spiro atoms. The van der Waals surface area contributed by atoms with Gasteiger partial charge in [-0.3, -0.25) is 9.78 Å². The first-order chi connectivity index (χ1) is 11.6. The molecule has 0 atom stereocenters. The zero-order chi connectivity index (χ0) is 16.7. The number of aromatic nitrogens is 3. The Morgan fingerprint density at radius 1 is 0.917 bits per heavy atom. The van der Waals surface area contributed by atoms with Crippen molar-refractivity contribution in [2.45, 2.75) is 0 Å². The Balaban J connectivity index is 2.11. The van der Waals surface area contributed by atoms with Crippen LogP contribution in [0.5, 0.6) is 0 Å². The molecular formula is C18H13BrN4O. The third kappa shape index (κ3) is 2.41. The van der Waals surface area contributed by atoms with Gasteiger partial charge in [0, 0.05) is 10.0 Å². The third-order valence-electron chi connectivity index (χ3n) is 3.88. The lowest BCUT2D eigenvalue weighted by atomic mass is 9.99. The van der Waals surface area contributed by atoms with Crippen LogP contribution >= 0.6 is 15.9 Å². The highest BCUT2D eigenvalue weighted by Gasteiger charge is 2.18. The van der Waals surface area contributed by atoms with Crippen molar-refractivity contribution in [1.82, 2.24) is 15.0 Å². The van der Waals surface area contributed by atoms with Gasteiger partial charge in [0.15, 0.2) is 0 Å². The van der Waals surface area contributed by atoms with Crippen LogP contribution in [-0.2, 0) is 0 Å². The van der Waals surface area contributed by atoms with Gasteiger partial charge >= 0.3 is 0 Å². The number of hydrogen-bond donors (Lipinski definition) is 3. The number of anilines is 1. The highest BCUT2D eigenvalue weighted by atomic mass is 79.9. The van der Waals surface area contributed by atoms with E-state index in [4.69, 9.17) is 5.73 Å². The van der Waals surface area contributed by atoms with Crippen molar-refractivity contribution in [3.63, 3.8) is 0 Å². The molecule has 0 bridgehead atoms. The van der Waals surface area contributed by atoms with Crippen molar-refractivity contribution in [3.8, 4) is 22.4 Å². The number of nitrogens with one attached hydrogen (secondary N) is 2. The van der Waals surface area contributed by atoms with E-state index in [1.165, 1.54) is 0 Å². The van der Waals surface area contributed by atoms with E-state index in [-0.39, 0.29) is 11.5 Å².